The number of rotatable bonds is 2. The zero-order valence-corrected chi connectivity index (χ0v) is 10.8. The summed E-state index contributed by atoms with van der Waals surface area (Å²) in [6, 6.07) is 7.55. The van der Waals surface area contributed by atoms with Crippen molar-refractivity contribution in [3.8, 4) is 0 Å². The van der Waals surface area contributed by atoms with Crippen LogP contribution in [0.3, 0.4) is 0 Å². The first-order chi connectivity index (χ1) is 7.79. The topological polar surface area (TPSA) is 12.0 Å². The largest absolute Gasteiger partial charge is 0.311 e. The molecular formula is C13H17BrFN. The molecule has 1 nitrogen and oxygen atoms in total. The van der Waals surface area contributed by atoms with Gasteiger partial charge in [0.15, 0.2) is 0 Å². The second-order valence-electron chi connectivity index (χ2n) is 4.33. The number of hydrogen-bond donors (Lipinski definition) is 1. The summed E-state index contributed by atoms with van der Waals surface area (Å²) in [7, 11) is 0. The van der Waals surface area contributed by atoms with Crippen LogP contribution < -0.4 is 5.32 Å². The van der Waals surface area contributed by atoms with Crippen LogP contribution in [0.4, 0.5) is 4.39 Å². The van der Waals surface area contributed by atoms with E-state index in [1.807, 2.05) is 24.3 Å². The fourth-order valence-electron chi connectivity index (χ4n) is 2.22. The van der Waals surface area contributed by atoms with Gasteiger partial charge in [-0.2, -0.15) is 0 Å². The van der Waals surface area contributed by atoms with E-state index in [9.17, 15) is 4.39 Å². The van der Waals surface area contributed by atoms with Crippen LogP contribution in [-0.4, -0.2) is 12.6 Å². The summed E-state index contributed by atoms with van der Waals surface area (Å²) in [5.74, 6) is 0. The standard InChI is InChI=1S/C13H17BrFN/c14-11-7-4-3-6-10(11)13(15)12-8-2-1-5-9-16-12/h3-4,6-7,12-13,16H,1-2,5,8-9H2. The minimum absolute atomic E-state index is 0.0267. The zero-order chi connectivity index (χ0) is 11.4. The zero-order valence-electron chi connectivity index (χ0n) is 9.26. The molecule has 2 unspecified atom stereocenters. The molecule has 0 amide bonds. The molecule has 2 rings (SSSR count). The smallest absolute Gasteiger partial charge is 0.141 e. The van der Waals surface area contributed by atoms with Crippen LogP contribution in [0.5, 0.6) is 0 Å². The van der Waals surface area contributed by atoms with Crippen LogP contribution in [0.2, 0.25) is 0 Å². The van der Waals surface area contributed by atoms with E-state index < -0.39 is 6.17 Å². The highest BCUT2D eigenvalue weighted by Gasteiger charge is 2.24. The van der Waals surface area contributed by atoms with Crippen molar-refractivity contribution in [1.82, 2.24) is 5.32 Å². The maximum absolute atomic E-state index is 14.4. The molecule has 1 aliphatic rings. The number of halogens is 2. The van der Waals surface area contributed by atoms with E-state index in [2.05, 4.69) is 21.2 Å². The van der Waals surface area contributed by atoms with E-state index in [4.69, 9.17) is 0 Å². The van der Waals surface area contributed by atoms with Crippen LogP contribution in [0.25, 0.3) is 0 Å². The van der Waals surface area contributed by atoms with Crippen LogP contribution in [-0.2, 0) is 0 Å². The van der Waals surface area contributed by atoms with Gasteiger partial charge in [-0.15, -0.1) is 0 Å². The Kier molecular flexibility index (Phi) is 4.36. The highest BCUT2D eigenvalue weighted by molar-refractivity contribution is 9.10. The molecule has 3 heteroatoms. The Hall–Kier alpha value is -0.410. The Labute approximate surface area is 105 Å². The number of benzene rings is 1. The molecule has 0 radical (unpaired) electrons. The van der Waals surface area contributed by atoms with Gasteiger partial charge in [0.25, 0.3) is 0 Å². The molecule has 1 aliphatic heterocycles. The quantitative estimate of drug-likeness (QED) is 0.866. The van der Waals surface area contributed by atoms with Gasteiger partial charge in [0.2, 0.25) is 0 Å². The summed E-state index contributed by atoms with van der Waals surface area (Å²) in [4.78, 5) is 0. The first kappa shape index (κ1) is 12.1. The average Bonchev–Trinajstić information content (AvgIpc) is 2.57. The highest BCUT2D eigenvalue weighted by Crippen LogP contribution is 2.31. The summed E-state index contributed by atoms with van der Waals surface area (Å²) in [5, 5.41) is 3.31. The summed E-state index contributed by atoms with van der Waals surface area (Å²) in [6.07, 6.45) is 3.53. The third-order valence-electron chi connectivity index (χ3n) is 3.15. The summed E-state index contributed by atoms with van der Waals surface area (Å²) < 4.78 is 15.2. The SMILES string of the molecule is FC(c1ccccc1Br)C1CCCCCN1. The minimum atomic E-state index is -0.909. The predicted molar refractivity (Wildman–Crippen MR) is 68.2 cm³/mol. The van der Waals surface area contributed by atoms with E-state index in [1.54, 1.807) is 0 Å². The lowest BCUT2D eigenvalue weighted by Crippen LogP contribution is -2.32. The maximum Gasteiger partial charge on any atom is 0.141 e. The van der Waals surface area contributed by atoms with Gasteiger partial charge in [-0.1, -0.05) is 47.0 Å². The molecule has 0 aliphatic carbocycles. The second kappa shape index (κ2) is 5.78. The lowest BCUT2D eigenvalue weighted by Gasteiger charge is -2.21. The van der Waals surface area contributed by atoms with Gasteiger partial charge in [-0.25, -0.2) is 4.39 Å². The van der Waals surface area contributed by atoms with Crippen molar-refractivity contribution < 1.29 is 4.39 Å². The molecule has 0 saturated carbocycles. The Morgan fingerprint density at radius 2 is 2.06 bits per heavy atom. The molecule has 0 spiro atoms. The van der Waals surface area contributed by atoms with Gasteiger partial charge in [-0.3, -0.25) is 0 Å². The fourth-order valence-corrected chi connectivity index (χ4v) is 2.72. The van der Waals surface area contributed by atoms with Crippen molar-refractivity contribution in [1.29, 1.82) is 0 Å². The van der Waals surface area contributed by atoms with E-state index in [-0.39, 0.29) is 6.04 Å². The maximum atomic E-state index is 14.4. The molecule has 0 bridgehead atoms. The van der Waals surface area contributed by atoms with Crippen molar-refractivity contribution in [3.63, 3.8) is 0 Å². The Balaban J connectivity index is 2.11. The normalized spacial score (nSPS) is 23.8. The summed E-state index contributed by atoms with van der Waals surface area (Å²) in [6.45, 7) is 0.940. The van der Waals surface area contributed by atoms with E-state index in [0.717, 1.165) is 29.4 Å². The van der Waals surface area contributed by atoms with Gasteiger partial charge < -0.3 is 5.32 Å². The van der Waals surface area contributed by atoms with Crippen LogP contribution >= 0.6 is 15.9 Å². The summed E-state index contributed by atoms with van der Waals surface area (Å²) in [5.41, 5.74) is 0.766. The van der Waals surface area contributed by atoms with E-state index in [0.29, 0.717) is 0 Å². The van der Waals surface area contributed by atoms with Crippen LogP contribution in [0, 0.1) is 0 Å². The molecule has 1 aromatic carbocycles. The summed E-state index contributed by atoms with van der Waals surface area (Å²) >= 11 is 3.42. The number of nitrogens with one attached hydrogen (secondary N) is 1. The molecule has 1 fully saturated rings. The average molecular weight is 286 g/mol. The van der Waals surface area contributed by atoms with Crippen LogP contribution in [0.15, 0.2) is 28.7 Å². The molecular weight excluding hydrogens is 269 g/mol. The lowest BCUT2D eigenvalue weighted by atomic mass is 10.00. The molecule has 16 heavy (non-hydrogen) atoms. The number of alkyl halides is 1. The first-order valence-electron chi connectivity index (χ1n) is 5.91. The van der Waals surface area contributed by atoms with Gasteiger partial charge in [-0.05, 0) is 25.5 Å². The molecule has 0 aromatic heterocycles. The van der Waals surface area contributed by atoms with Gasteiger partial charge in [0, 0.05) is 16.1 Å². The lowest BCUT2D eigenvalue weighted by molar-refractivity contribution is 0.248. The molecule has 1 N–H and O–H groups in total. The third kappa shape index (κ3) is 2.83. The highest BCUT2D eigenvalue weighted by atomic mass is 79.9. The molecule has 1 aromatic rings. The van der Waals surface area contributed by atoms with Gasteiger partial charge in [0.05, 0.1) is 0 Å². The van der Waals surface area contributed by atoms with Crippen molar-refractivity contribution in [2.24, 2.45) is 0 Å². The Morgan fingerprint density at radius 1 is 1.25 bits per heavy atom. The Morgan fingerprint density at radius 3 is 2.88 bits per heavy atom. The van der Waals surface area contributed by atoms with Crippen molar-refractivity contribution in [2.75, 3.05) is 6.54 Å². The molecule has 88 valence electrons. The fraction of sp³-hybridized carbons (Fsp3) is 0.538. The molecule has 1 saturated heterocycles. The first-order valence-corrected chi connectivity index (χ1v) is 6.70. The van der Waals surface area contributed by atoms with Gasteiger partial charge >= 0.3 is 0 Å². The van der Waals surface area contributed by atoms with Crippen molar-refractivity contribution >= 4 is 15.9 Å². The second-order valence-corrected chi connectivity index (χ2v) is 5.19. The van der Waals surface area contributed by atoms with Gasteiger partial charge in [0.1, 0.15) is 6.17 Å². The van der Waals surface area contributed by atoms with Crippen molar-refractivity contribution in [2.45, 2.75) is 37.9 Å². The predicted octanol–water partition coefficient (Wildman–Crippen LogP) is 3.99. The minimum Gasteiger partial charge on any atom is -0.311 e. The van der Waals surface area contributed by atoms with Crippen LogP contribution in [0.1, 0.15) is 37.4 Å². The molecule has 2 atom stereocenters. The number of hydrogen-bond acceptors (Lipinski definition) is 1. The van der Waals surface area contributed by atoms with E-state index >= 15 is 0 Å². The van der Waals surface area contributed by atoms with E-state index in [1.165, 1.54) is 12.8 Å². The third-order valence-corrected chi connectivity index (χ3v) is 3.88. The Bertz CT molecular complexity index is 334. The molecule has 1 heterocycles. The van der Waals surface area contributed by atoms with Crippen molar-refractivity contribution in [3.05, 3.63) is 34.3 Å². The monoisotopic (exact) mass is 285 g/mol.